The van der Waals surface area contributed by atoms with Crippen molar-refractivity contribution in [3.05, 3.63) is 18.1 Å². The summed E-state index contributed by atoms with van der Waals surface area (Å²) in [5.74, 6) is 0. The molecule has 0 aliphatic carbocycles. The van der Waals surface area contributed by atoms with Crippen LogP contribution in [0.4, 0.5) is 0 Å². The Morgan fingerprint density at radius 3 is 2.67 bits per heavy atom. The van der Waals surface area contributed by atoms with Crippen molar-refractivity contribution in [3.63, 3.8) is 0 Å². The first kappa shape index (κ1) is 17.0. The molecule has 0 bridgehead atoms. The van der Waals surface area contributed by atoms with Crippen LogP contribution in [-0.4, -0.2) is 69.4 Å². The molecule has 0 amide bonds. The number of aromatic nitrogens is 4. The van der Waals surface area contributed by atoms with Crippen molar-refractivity contribution in [1.82, 2.24) is 19.3 Å². The van der Waals surface area contributed by atoms with Crippen LogP contribution in [-0.2, 0) is 13.8 Å². The van der Waals surface area contributed by atoms with Gasteiger partial charge in [-0.05, 0) is 0 Å². The lowest BCUT2D eigenvalue weighted by atomic mass is 10.1. The summed E-state index contributed by atoms with van der Waals surface area (Å²) in [6.45, 7) is -0.639. The summed E-state index contributed by atoms with van der Waals surface area (Å²) in [7, 11) is -4.76. The lowest BCUT2D eigenvalue weighted by molar-refractivity contribution is -0.0504. The van der Waals surface area contributed by atoms with E-state index in [1.54, 1.807) is 0 Å². The quantitative estimate of drug-likeness (QED) is 0.253. The zero-order valence-corrected chi connectivity index (χ0v) is 12.8. The summed E-state index contributed by atoms with van der Waals surface area (Å²) in [6.07, 6.45) is -3.14. The average Bonchev–Trinajstić information content (AvgIpc) is 3.04. The largest absolute Gasteiger partial charge is 0.469 e. The number of ether oxygens (including phenoxy) is 1. The van der Waals surface area contributed by atoms with Gasteiger partial charge in [-0.1, -0.05) is 0 Å². The van der Waals surface area contributed by atoms with E-state index in [1.165, 1.54) is 10.9 Å². The first-order chi connectivity index (χ1) is 11.2. The lowest BCUT2D eigenvalue weighted by Gasteiger charge is -2.16. The van der Waals surface area contributed by atoms with Gasteiger partial charge in [0.2, 0.25) is 0 Å². The third-order valence-electron chi connectivity index (χ3n) is 3.53. The van der Waals surface area contributed by atoms with Gasteiger partial charge in [0.15, 0.2) is 22.9 Å². The number of aliphatic hydroxyl groups is 2. The molecule has 0 radical (unpaired) electrons. The van der Waals surface area contributed by atoms with Crippen LogP contribution in [0.25, 0.3) is 11.2 Å². The van der Waals surface area contributed by atoms with Crippen LogP contribution in [0, 0.1) is 5.41 Å². The smallest absolute Gasteiger partial charge is 0.425 e. The highest BCUT2D eigenvalue weighted by atomic mass is 31.2. The zero-order chi connectivity index (χ0) is 17.6. The molecule has 4 atom stereocenters. The Hall–Kier alpha value is -1.86. The minimum atomic E-state index is -4.76. The maximum Gasteiger partial charge on any atom is 0.469 e. The molecule has 0 spiro atoms. The number of fused-ring (bicyclic) bond motifs is 1. The first-order valence-corrected chi connectivity index (χ1v) is 8.12. The van der Waals surface area contributed by atoms with E-state index in [0.717, 1.165) is 6.33 Å². The first-order valence-electron chi connectivity index (χ1n) is 6.59. The summed E-state index contributed by atoms with van der Waals surface area (Å²) in [5.41, 5.74) is -0.202. The predicted molar refractivity (Wildman–Crippen MR) is 72.5 cm³/mol. The van der Waals surface area contributed by atoms with Crippen molar-refractivity contribution in [1.29, 1.82) is 5.41 Å². The van der Waals surface area contributed by atoms with E-state index in [-0.39, 0.29) is 16.7 Å². The van der Waals surface area contributed by atoms with Gasteiger partial charge in [0.05, 0.1) is 12.9 Å². The number of rotatable bonds is 4. The Morgan fingerprint density at radius 2 is 2.00 bits per heavy atom. The standard InChI is InChI=1S/C10H14N5O8P/c11-8-5-9(13-3-15(8)18)14(2-12-5)10-7(17)6(16)4(23-10)1-22-24(19,20)21/h2-4,6-7,10-11,16-18H,1H2,(H2,19,20,21)/t4-,6+,7+,10-/m0/s1. The van der Waals surface area contributed by atoms with E-state index in [0.29, 0.717) is 4.73 Å². The van der Waals surface area contributed by atoms with Gasteiger partial charge in [-0.25, -0.2) is 14.5 Å². The number of nitrogens with zero attached hydrogens (tertiary/aromatic N) is 4. The van der Waals surface area contributed by atoms with Crippen molar-refractivity contribution in [2.24, 2.45) is 0 Å². The fraction of sp³-hybridized carbons (Fsp3) is 0.500. The fourth-order valence-electron chi connectivity index (χ4n) is 2.38. The Bertz CT molecular complexity index is 861. The molecule has 2 aromatic heterocycles. The molecule has 0 aromatic carbocycles. The van der Waals surface area contributed by atoms with Crippen molar-refractivity contribution in [2.45, 2.75) is 24.5 Å². The second-order valence-electron chi connectivity index (χ2n) is 5.09. The lowest BCUT2D eigenvalue weighted by Crippen LogP contribution is -2.33. The highest BCUT2D eigenvalue weighted by Crippen LogP contribution is 2.38. The van der Waals surface area contributed by atoms with Gasteiger partial charge in [0.1, 0.15) is 24.6 Å². The SMILES string of the molecule is N=c1c2ncn([C@H]3O[C@@H](COP(=O)(O)O)[C@@H](O)[C@H]3O)c2ncn1O. The zero-order valence-electron chi connectivity index (χ0n) is 11.9. The highest BCUT2D eigenvalue weighted by molar-refractivity contribution is 7.46. The maximum absolute atomic E-state index is 10.7. The van der Waals surface area contributed by atoms with E-state index in [4.69, 9.17) is 19.9 Å². The van der Waals surface area contributed by atoms with Crippen LogP contribution in [0.3, 0.4) is 0 Å². The average molecular weight is 363 g/mol. The predicted octanol–water partition coefficient (Wildman–Crippen LogP) is -2.32. The molecule has 1 aliphatic rings. The van der Waals surface area contributed by atoms with Gasteiger partial charge in [-0.2, -0.15) is 4.73 Å². The molecule has 132 valence electrons. The topological polar surface area (TPSA) is 196 Å². The van der Waals surface area contributed by atoms with Crippen molar-refractivity contribution < 1.29 is 39.0 Å². The number of imidazole rings is 1. The number of hydrogen-bond donors (Lipinski definition) is 6. The molecular weight excluding hydrogens is 349 g/mol. The number of aliphatic hydroxyl groups excluding tert-OH is 2. The molecular formula is C10H14N5O8P. The molecule has 2 aromatic rings. The van der Waals surface area contributed by atoms with E-state index in [1.807, 2.05) is 0 Å². The van der Waals surface area contributed by atoms with Crippen LogP contribution in [0.5, 0.6) is 0 Å². The third kappa shape index (κ3) is 2.93. The molecule has 3 rings (SSSR count). The Kier molecular flexibility index (Phi) is 4.17. The third-order valence-corrected chi connectivity index (χ3v) is 4.01. The molecule has 1 saturated heterocycles. The molecule has 0 unspecified atom stereocenters. The molecule has 1 fully saturated rings. The Labute approximate surface area is 133 Å². The fourth-order valence-corrected chi connectivity index (χ4v) is 2.72. The molecule has 0 saturated carbocycles. The second kappa shape index (κ2) is 5.89. The normalized spacial score (nSPS) is 27.8. The van der Waals surface area contributed by atoms with Crippen molar-refractivity contribution in [3.8, 4) is 0 Å². The minimum Gasteiger partial charge on any atom is -0.425 e. The van der Waals surface area contributed by atoms with Gasteiger partial charge in [0.25, 0.3) is 0 Å². The van der Waals surface area contributed by atoms with Gasteiger partial charge in [-0.3, -0.25) is 14.5 Å². The highest BCUT2D eigenvalue weighted by Gasteiger charge is 2.45. The van der Waals surface area contributed by atoms with Crippen LogP contribution >= 0.6 is 7.82 Å². The summed E-state index contributed by atoms with van der Waals surface area (Å²) in [6, 6.07) is 0. The molecule has 13 nitrogen and oxygen atoms in total. The van der Waals surface area contributed by atoms with Crippen LogP contribution in [0.15, 0.2) is 12.7 Å². The van der Waals surface area contributed by atoms with Gasteiger partial charge < -0.3 is 29.9 Å². The molecule has 14 heteroatoms. The van der Waals surface area contributed by atoms with Gasteiger partial charge in [-0.15, -0.1) is 0 Å². The van der Waals surface area contributed by atoms with E-state index in [2.05, 4.69) is 14.5 Å². The summed E-state index contributed by atoms with van der Waals surface area (Å²) in [5, 5.41) is 37.1. The van der Waals surface area contributed by atoms with Crippen molar-refractivity contribution in [2.75, 3.05) is 6.61 Å². The molecule has 3 heterocycles. The summed E-state index contributed by atoms with van der Waals surface area (Å²) >= 11 is 0. The maximum atomic E-state index is 10.7. The minimum absolute atomic E-state index is 0.0280. The number of hydrogen-bond acceptors (Lipinski definition) is 9. The summed E-state index contributed by atoms with van der Waals surface area (Å²) in [4.78, 5) is 25.2. The van der Waals surface area contributed by atoms with Crippen LogP contribution < -0.4 is 5.49 Å². The number of phosphoric acid groups is 1. The van der Waals surface area contributed by atoms with Crippen LogP contribution in [0.1, 0.15) is 6.23 Å². The number of nitrogens with one attached hydrogen (secondary N) is 1. The molecule has 24 heavy (non-hydrogen) atoms. The Balaban J connectivity index is 1.89. The van der Waals surface area contributed by atoms with E-state index in [9.17, 15) is 20.0 Å². The van der Waals surface area contributed by atoms with Crippen molar-refractivity contribution >= 4 is 19.0 Å². The van der Waals surface area contributed by atoms with Crippen LogP contribution in [0.2, 0.25) is 0 Å². The monoisotopic (exact) mass is 363 g/mol. The molecule has 6 N–H and O–H groups in total. The van der Waals surface area contributed by atoms with Gasteiger partial charge >= 0.3 is 7.82 Å². The Morgan fingerprint density at radius 1 is 1.29 bits per heavy atom. The van der Waals surface area contributed by atoms with Gasteiger partial charge in [0, 0.05) is 0 Å². The second-order valence-corrected chi connectivity index (χ2v) is 6.33. The summed E-state index contributed by atoms with van der Waals surface area (Å²) < 4.78 is 22.1. The number of phosphoric ester groups is 1. The van der Waals surface area contributed by atoms with E-state index < -0.39 is 39.0 Å². The van der Waals surface area contributed by atoms with E-state index >= 15 is 0 Å². The molecule has 1 aliphatic heterocycles.